The quantitative estimate of drug-likeness (QED) is 0.864. The number of benzene rings is 1. The van der Waals surface area contributed by atoms with Crippen molar-refractivity contribution in [3.05, 3.63) is 47.1 Å². The average molecular weight is 281 g/mol. The van der Waals surface area contributed by atoms with Crippen molar-refractivity contribution in [3.8, 4) is 6.07 Å². The van der Waals surface area contributed by atoms with Crippen molar-refractivity contribution >= 4 is 0 Å². The van der Waals surface area contributed by atoms with E-state index in [-0.39, 0.29) is 18.1 Å². The lowest BCUT2D eigenvalue weighted by molar-refractivity contribution is -0.134. The molecule has 0 saturated carbocycles. The molecule has 0 saturated heterocycles. The van der Waals surface area contributed by atoms with Gasteiger partial charge >= 0.3 is 6.18 Å². The fraction of sp³-hybridized carbons (Fsp3) is 0.308. The Bertz CT molecular complexity index is 611. The standard InChI is InChI=1S/C13H10F3N3O/c14-13(15,16)6-5-11-18-12(20-19-11)7-9-1-3-10(8-17)4-2-9/h1-4H,5-7H2. The molecular weight excluding hydrogens is 271 g/mol. The first-order valence-electron chi connectivity index (χ1n) is 5.83. The van der Waals surface area contributed by atoms with Crippen molar-refractivity contribution in [2.45, 2.75) is 25.4 Å². The lowest BCUT2D eigenvalue weighted by atomic mass is 10.1. The monoisotopic (exact) mass is 281 g/mol. The second-order valence-corrected chi connectivity index (χ2v) is 4.21. The zero-order chi connectivity index (χ0) is 14.6. The zero-order valence-electron chi connectivity index (χ0n) is 10.3. The summed E-state index contributed by atoms with van der Waals surface area (Å²) in [6.07, 6.45) is -5.16. The number of halogens is 3. The van der Waals surface area contributed by atoms with Crippen LogP contribution in [0.1, 0.15) is 29.3 Å². The first kappa shape index (κ1) is 14.1. The van der Waals surface area contributed by atoms with E-state index < -0.39 is 12.6 Å². The van der Waals surface area contributed by atoms with Crippen LogP contribution in [0.15, 0.2) is 28.8 Å². The maximum atomic E-state index is 12.1. The predicted octanol–water partition coefficient (Wildman–Crippen LogP) is 3.03. The number of nitrogens with zero attached hydrogens (tertiary/aromatic N) is 3. The number of nitriles is 1. The highest BCUT2D eigenvalue weighted by Crippen LogP contribution is 2.21. The molecule has 0 N–H and O–H groups in total. The van der Waals surface area contributed by atoms with Gasteiger partial charge in [0.25, 0.3) is 0 Å². The minimum atomic E-state index is -4.23. The van der Waals surface area contributed by atoms with Crippen LogP contribution in [0, 0.1) is 11.3 Å². The number of hydrogen-bond donors (Lipinski definition) is 0. The number of hydrogen-bond acceptors (Lipinski definition) is 4. The molecule has 20 heavy (non-hydrogen) atoms. The van der Waals surface area contributed by atoms with Gasteiger partial charge in [-0.15, -0.1) is 0 Å². The normalized spacial score (nSPS) is 11.3. The molecule has 0 unspecified atom stereocenters. The first-order valence-corrected chi connectivity index (χ1v) is 5.83. The summed E-state index contributed by atoms with van der Waals surface area (Å²) in [4.78, 5) is 3.91. The minimum absolute atomic E-state index is 0.0472. The lowest BCUT2D eigenvalue weighted by Gasteiger charge is -2.01. The van der Waals surface area contributed by atoms with Crippen LogP contribution < -0.4 is 0 Å². The number of rotatable bonds is 4. The molecule has 2 aromatic rings. The van der Waals surface area contributed by atoms with Crippen LogP contribution in [0.2, 0.25) is 0 Å². The van der Waals surface area contributed by atoms with Gasteiger partial charge in [-0.25, -0.2) is 0 Å². The van der Waals surface area contributed by atoms with E-state index in [0.29, 0.717) is 12.0 Å². The Labute approximate surface area is 112 Å². The van der Waals surface area contributed by atoms with Crippen LogP contribution in [-0.2, 0) is 12.8 Å². The Morgan fingerprint density at radius 2 is 1.90 bits per heavy atom. The molecule has 0 bridgehead atoms. The van der Waals surface area contributed by atoms with E-state index in [2.05, 4.69) is 10.1 Å². The van der Waals surface area contributed by atoms with E-state index in [0.717, 1.165) is 5.56 Å². The Morgan fingerprint density at radius 3 is 2.50 bits per heavy atom. The third-order valence-electron chi connectivity index (χ3n) is 2.58. The van der Waals surface area contributed by atoms with Crippen LogP contribution in [0.4, 0.5) is 13.2 Å². The molecule has 4 nitrogen and oxygen atoms in total. The average Bonchev–Trinajstić information content (AvgIpc) is 2.84. The van der Waals surface area contributed by atoms with Crippen LogP contribution >= 0.6 is 0 Å². The molecule has 0 radical (unpaired) electrons. The number of aryl methyl sites for hydroxylation is 1. The van der Waals surface area contributed by atoms with Gasteiger partial charge in [-0.2, -0.15) is 23.4 Å². The van der Waals surface area contributed by atoms with Gasteiger partial charge in [0.1, 0.15) is 0 Å². The summed E-state index contributed by atoms with van der Waals surface area (Å²) in [5.41, 5.74) is 1.38. The maximum Gasteiger partial charge on any atom is 0.389 e. The fourth-order valence-corrected chi connectivity index (χ4v) is 1.59. The fourth-order valence-electron chi connectivity index (χ4n) is 1.59. The molecule has 0 spiro atoms. The summed E-state index contributed by atoms with van der Waals surface area (Å²) in [7, 11) is 0. The molecule has 0 atom stereocenters. The number of aromatic nitrogens is 2. The highest BCUT2D eigenvalue weighted by atomic mass is 19.4. The number of alkyl halides is 3. The van der Waals surface area contributed by atoms with Crippen molar-refractivity contribution in [1.29, 1.82) is 5.26 Å². The van der Waals surface area contributed by atoms with Crippen molar-refractivity contribution in [1.82, 2.24) is 10.1 Å². The summed E-state index contributed by atoms with van der Waals surface area (Å²) >= 11 is 0. The molecule has 104 valence electrons. The summed E-state index contributed by atoms with van der Waals surface area (Å²) < 4.78 is 41.1. The Balaban J connectivity index is 1.97. The van der Waals surface area contributed by atoms with E-state index in [9.17, 15) is 13.2 Å². The van der Waals surface area contributed by atoms with Crippen LogP contribution in [0.5, 0.6) is 0 Å². The molecule has 1 heterocycles. The largest absolute Gasteiger partial charge is 0.389 e. The van der Waals surface area contributed by atoms with Crippen LogP contribution in [0.25, 0.3) is 0 Å². The molecule has 0 fully saturated rings. The summed E-state index contributed by atoms with van der Waals surface area (Å²) in [6, 6.07) is 8.76. The second kappa shape index (κ2) is 5.74. The Morgan fingerprint density at radius 1 is 1.20 bits per heavy atom. The Kier molecular flexibility index (Phi) is 4.03. The molecule has 0 amide bonds. The SMILES string of the molecule is N#Cc1ccc(Cc2nc(CCC(F)(F)F)no2)cc1. The molecule has 1 aromatic heterocycles. The second-order valence-electron chi connectivity index (χ2n) is 4.21. The van der Waals surface area contributed by atoms with Gasteiger partial charge in [0, 0.05) is 6.42 Å². The van der Waals surface area contributed by atoms with E-state index in [1.807, 2.05) is 6.07 Å². The smallest absolute Gasteiger partial charge is 0.339 e. The molecule has 0 aliphatic heterocycles. The van der Waals surface area contributed by atoms with Crippen LogP contribution in [-0.4, -0.2) is 16.3 Å². The lowest BCUT2D eigenvalue weighted by Crippen LogP contribution is -2.09. The zero-order valence-corrected chi connectivity index (χ0v) is 10.3. The maximum absolute atomic E-state index is 12.1. The molecule has 0 aliphatic carbocycles. The van der Waals surface area contributed by atoms with Gasteiger partial charge in [0.2, 0.25) is 5.89 Å². The van der Waals surface area contributed by atoms with E-state index in [1.54, 1.807) is 24.3 Å². The molecule has 7 heteroatoms. The topological polar surface area (TPSA) is 62.7 Å². The summed E-state index contributed by atoms with van der Waals surface area (Å²) in [5, 5.41) is 12.2. The van der Waals surface area contributed by atoms with E-state index in [1.165, 1.54) is 0 Å². The highest BCUT2D eigenvalue weighted by molar-refractivity contribution is 5.32. The van der Waals surface area contributed by atoms with Crippen molar-refractivity contribution in [2.75, 3.05) is 0 Å². The molecule has 0 aliphatic rings. The van der Waals surface area contributed by atoms with Crippen LogP contribution in [0.3, 0.4) is 0 Å². The molecule has 2 rings (SSSR count). The van der Waals surface area contributed by atoms with Gasteiger partial charge in [-0.3, -0.25) is 0 Å². The van der Waals surface area contributed by atoms with Crippen molar-refractivity contribution in [3.63, 3.8) is 0 Å². The van der Waals surface area contributed by atoms with Gasteiger partial charge < -0.3 is 4.52 Å². The van der Waals surface area contributed by atoms with E-state index in [4.69, 9.17) is 9.78 Å². The molecular formula is C13H10F3N3O. The summed E-state index contributed by atoms with van der Waals surface area (Å²) in [6.45, 7) is 0. The third kappa shape index (κ3) is 4.09. The van der Waals surface area contributed by atoms with E-state index >= 15 is 0 Å². The summed E-state index contributed by atoms with van der Waals surface area (Å²) in [5.74, 6) is 0.304. The van der Waals surface area contributed by atoms with Gasteiger partial charge in [-0.1, -0.05) is 17.3 Å². The predicted molar refractivity (Wildman–Crippen MR) is 62.6 cm³/mol. The van der Waals surface area contributed by atoms with Gasteiger partial charge in [0.15, 0.2) is 5.82 Å². The molecule has 1 aromatic carbocycles. The Hall–Kier alpha value is -2.36. The first-order chi connectivity index (χ1) is 9.46. The van der Waals surface area contributed by atoms with Gasteiger partial charge in [-0.05, 0) is 17.7 Å². The van der Waals surface area contributed by atoms with Gasteiger partial charge in [0.05, 0.1) is 24.5 Å². The minimum Gasteiger partial charge on any atom is -0.339 e. The highest BCUT2D eigenvalue weighted by Gasteiger charge is 2.27. The van der Waals surface area contributed by atoms with Crippen molar-refractivity contribution in [2.24, 2.45) is 0 Å². The van der Waals surface area contributed by atoms with Crippen molar-refractivity contribution < 1.29 is 17.7 Å². The third-order valence-corrected chi connectivity index (χ3v) is 2.58.